The Labute approximate surface area is 121 Å². The highest BCUT2D eigenvalue weighted by Gasteiger charge is 2.31. The van der Waals surface area contributed by atoms with Gasteiger partial charge in [-0.1, -0.05) is 32.8 Å². The smallest absolute Gasteiger partial charge is 0.136 e. The standard InChI is InChI=1S/C17H24N2O/c1-17(2)9-5-4-6-16(17)19-12-13-7-8-15(20-3)14(10-13)11-18/h7-8,10,16,19H,4-6,9,12H2,1-3H3. The Bertz CT molecular complexity index is 502. The third-order valence-corrected chi connectivity index (χ3v) is 4.44. The van der Waals surface area contributed by atoms with E-state index in [1.54, 1.807) is 7.11 Å². The molecule has 3 heteroatoms. The molecule has 1 aromatic rings. The number of benzene rings is 1. The van der Waals surface area contributed by atoms with E-state index in [0.29, 0.717) is 22.8 Å². The minimum Gasteiger partial charge on any atom is -0.495 e. The first-order valence-corrected chi connectivity index (χ1v) is 7.37. The number of nitrogens with one attached hydrogen (secondary N) is 1. The molecule has 1 aliphatic rings. The highest BCUT2D eigenvalue weighted by atomic mass is 16.5. The molecule has 0 amide bonds. The summed E-state index contributed by atoms with van der Waals surface area (Å²) in [5.74, 6) is 0.647. The number of nitrogens with zero attached hydrogens (tertiary/aromatic N) is 1. The van der Waals surface area contributed by atoms with Crippen molar-refractivity contribution in [3.05, 3.63) is 29.3 Å². The van der Waals surface area contributed by atoms with Gasteiger partial charge in [0, 0.05) is 12.6 Å². The molecular formula is C17H24N2O. The Hall–Kier alpha value is -1.53. The van der Waals surface area contributed by atoms with E-state index >= 15 is 0 Å². The average molecular weight is 272 g/mol. The summed E-state index contributed by atoms with van der Waals surface area (Å²) in [5.41, 5.74) is 2.11. The van der Waals surface area contributed by atoms with Gasteiger partial charge in [-0.15, -0.1) is 0 Å². The first-order valence-electron chi connectivity index (χ1n) is 7.37. The molecule has 1 unspecified atom stereocenters. The summed E-state index contributed by atoms with van der Waals surface area (Å²) in [5, 5.41) is 12.8. The van der Waals surface area contributed by atoms with Gasteiger partial charge in [-0.2, -0.15) is 5.26 Å². The lowest BCUT2D eigenvalue weighted by Crippen LogP contribution is -2.43. The first-order chi connectivity index (χ1) is 9.56. The van der Waals surface area contributed by atoms with Crippen LogP contribution in [0.15, 0.2) is 18.2 Å². The predicted molar refractivity (Wildman–Crippen MR) is 80.6 cm³/mol. The van der Waals surface area contributed by atoms with E-state index in [0.717, 1.165) is 12.1 Å². The molecule has 1 fully saturated rings. The van der Waals surface area contributed by atoms with Crippen molar-refractivity contribution in [1.82, 2.24) is 5.32 Å². The van der Waals surface area contributed by atoms with Crippen LogP contribution in [-0.4, -0.2) is 13.2 Å². The quantitative estimate of drug-likeness (QED) is 0.910. The van der Waals surface area contributed by atoms with E-state index in [-0.39, 0.29) is 0 Å². The molecule has 0 radical (unpaired) electrons. The van der Waals surface area contributed by atoms with Gasteiger partial charge in [-0.25, -0.2) is 0 Å². The molecule has 1 atom stereocenters. The van der Waals surface area contributed by atoms with Crippen molar-refractivity contribution in [2.45, 2.75) is 52.1 Å². The number of hydrogen-bond donors (Lipinski definition) is 1. The molecule has 0 spiro atoms. The molecule has 0 bridgehead atoms. The lowest BCUT2D eigenvalue weighted by Gasteiger charge is -2.39. The van der Waals surface area contributed by atoms with E-state index in [2.05, 4.69) is 25.2 Å². The maximum atomic E-state index is 9.12. The van der Waals surface area contributed by atoms with Crippen LogP contribution in [0.4, 0.5) is 0 Å². The third kappa shape index (κ3) is 3.32. The maximum Gasteiger partial charge on any atom is 0.136 e. The highest BCUT2D eigenvalue weighted by molar-refractivity contribution is 5.45. The van der Waals surface area contributed by atoms with Gasteiger partial charge in [-0.05, 0) is 36.0 Å². The van der Waals surface area contributed by atoms with Crippen LogP contribution in [0.25, 0.3) is 0 Å². The van der Waals surface area contributed by atoms with E-state index in [4.69, 9.17) is 10.00 Å². The Balaban J connectivity index is 2.02. The third-order valence-electron chi connectivity index (χ3n) is 4.44. The fourth-order valence-corrected chi connectivity index (χ4v) is 3.07. The van der Waals surface area contributed by atoms with Gasteiger partial charge in [0.25, 0.3) is 0 Å². The van der Waals surface area contributed by atoms with Gasteiger partial charge in [0.15, 0.2) is 0 Å². The molecule has 20 heavy (non-hydrogen) atoms. The second kappa shape index (κ2) is 6.28. The molecule has 0 saturated heterocycles. The molecule has 0 aromatic heterocycles. The summed E-state index contributed by atoms with van der Waals surface area (Å²) in [4.78, 5) is 0. The second-order valence-corrected chi connectivity index (χ2v) is 6.31. The molecular weight excluding hydrogens is 248 g/mol. The number of hydrogen-bond acceptors (Lipinski definition) is 3. The zero-order valence-corrected chi connectivity index (χ0v) is 12.7. The molecule has 1 N–H and O–H groups in total. The van der Waals surface area contributed by atoms with Gasteiger partial charge in [0.05, 0.1) is 12.7 Å². The topological polar surface area (TPSA) is 45.0 Å². The first kappa shape index (κ1) is 14.9. The molecule has 1 saturated carbocycles. The summed E-state index contributed by atoms with van der Waals surface area (Å²) in [7, 11) is 1.60. The number of ether oxygens (including phenoxy) is 1. The van der Waals surface area contributed by atoms with Crippen molar-refractivity contribution < 1.29 is 4.74 Å². The minimum absolute atomic E-state index is 0.364. The lowest BCUT2D eigenvalue weighted by atomic mass is 9.73. The van der Waals surface area contributed by atoms with Crippen molar-refractivity contribution in [2.75, 3.05) is 7.11 Å². The van der Waals surface area contributed by atoms with Crippen molar-refractivity contribution in [3.8, 4) is 11.8 Å². The number of rotatable bonds is 4. The number of nitriles is 1. The van der Waals surface area contributed by atoms with Gasteiger partial charge in [0.1, 0.15) is 11.8 Å². The van der Waals surface area contributed by atoms with Crippen LogP contribution in [0.3, 0.4) is 0 Å². The van der Waals surface area contributed by atoms with E-state index in [1.165, 1.54) is 25.7 Å². The Morgan fingerprint density at radius 2 is 2.20 bits per heavy atom. The van der Waals surface area contributed by atoms with Crippen molar-refractivity contribution >= 4 is 0 Å². The zero-order chi connectivity index (χ0) is 14.6. The van der Waals surface area contributed by atoms with Gasteiger partial charge >= 0.3 is 0 Å². The van der Waals surface area contributed by atoms with Crippen molar-refractivity contribution in [2.24, 2.45) is 5.41 Å². The largest absolute Gasteiger partial charge is 0.495 e. The van der Waals surface area contributed by atoms with E-state index < -0.39 is 0 Å². The van der Waals surface area contributed by atoms with Crippen molar-refractivity contribution in [3.63, 3.8) is 0 Å². The molecule has 108 valence electrons. The van der Waals surface area contributed by atoms with E-state index in [1.807, 2.05) is 18.2 Å². The Morgan fingerprint density at radius 3 is 2.85 bits per heavy atom. The normalized spacial score (nSPS) is 21.2. The van der Waals surface area contributed by atoms with Crippen LogP contribution >= 0.6 is 0 Å². The molecule has 1 aliphatic carbocycles. The highest BCUT2D eigenvalue weighted by Crippen LogP contribution is 2.35. The van der Waals surface area contributed by atoms with Crippen LogP contribution in [0.2, 0.25) is 0 Å². The predicted octanol–water partition coefficient (Wildman–Crippen LogP) is 3.63. The van der Waals surface area contributed by atoms with Gasteiger partial charge < -0.3 is 10.1 Å². The SMILES string of the molecule is COc1ccc(CNC2CCCCC2(C)C)cc1C#N. The summed E-state index contributed by atoms with van der Waals surface area (Å²) < 4.78 is 5.18. The van der Waals surface area contributed by atoms with Crippen LogP contribution in [-0.2, 0) is 6.54 Å². The molecule has 1 aromatic carbocycles. The fraction of sp³-hybridized carbons (Fsp3) is 0.588. The monoisotopic (exact) mass is 272 g/mol. The van der Waals surface area contributed by atoms with Crippen LogP contribution in [0.5, 0.6) is 5.75 Å². The zero-order valence-electron chi connectivity index (χ0n) is 12.7. The van der Waals surface area contributed by atoms with Crippen LogP contribution in [0, 0.1) is 16.7 Å². The number of methoxy groups -OCH3 is 1. The second-order valence-electron chi connectivity index (χ2n) is 6.31. The Kier molecular flexibility index (Phi) is 4.67. The Morgan fingerprint density at radius 1 is 1.40 bits per heavy atom. The maximum absolute atomic E-state index is 9.12. The van der Waals surface area contributed by atoms with Gasteiger partial charge in [-0.3, -0.25) is 0 Å². The average Bonchev–Trinajstić information content (AvgIpc) is 2.45. The molecule has 0 aliphatic heterocycles. The fourth-order valence-electron chi connectivity index (χ4n) is 3.07. The van der Waals surface area contributed by atoms with Crippen LogP contribution in [0.1, 0.15) is 50.7 Å². The minimum atomic E-state index is 0.364. The molecule has 0 heterocycles. The van der Waals surface area contributed by atoms with Crippen molar-refractivity contribution in [1.29, 1.82) is 5.26 Å². The van der Waals surface area contributed by atoms with E-state index in [9.17, 15) is 0 Å². The lowest BCUT2D eigenvalue weighted by molar-refractivity contribution is 0.167. The summed E-state index contributed by atoms with van der Waals surface area (Å²) in [6, 6.07) is 8.57. The van der Waals surface area contributed by atoms with Gasteiger partial charge in [0.2, 0.25) is 0 Å². The summed E-state index contributed by atoms with van der Waals surface area (Å²) in [6.07, 6.45) is 5.18. The summed E-state index contributed by atoms with van der Waals surface area (Å²) in [6.45, 7) is 5.50. The van der Waals surface area contributed by atoms with Crippen LogP contribution < -0.4 is 10.1 Å². The summed E-state index contributed by atoms with van der Waals surface area (Å²) >= 11 is 0. The molecule has 3 nitrogen and oxygen atoms in total. The molecule has 2 rings (SSSR count).